The van der Waals surface area contributed by atoms with Crippen molar-refractivity contribution in [1.82, 2.24) is 0 Å². The van der Waals surface area contributed by atoms with Crippen LogP contribution >= 0.6 is 23.2 Å². The SMILES string of the molecule is O=C(COC(=O)C12C[C@H]3C[C@@H](C1)CC(c1ccccc1)(C3)C2)Nc1c(Cl)cccc1Cl. The first-order chi connectivity index (χ1) is 14.9. The summed E-state index contributed by atoms with van der Waals surface area (Å²) < 4.78 is 5.58. The van der Waals surface area contributed by atoms with E-state index in [0.29, 0.717) is 27.6 Å². The van der Waals surface area contributed by atoms with E-state index in [-0.39, 0.29) is 18.0 Å². The van der Waals surface area contributed by atoms with Gasteiger partial charge in [-0.25, -0.2) is 0 Å². The summed E-state index contributed by atoms with van der Waals surface area (Å²) in [5.74, 6) is 0.419. The van der Waals surface area contributed by atoms with E-state index < -0.39 is 11.3 Å². The molecule has 4 atom stereocenters. The number of esters is 1. The number of rotatable bonds is 5. The quantitative estimate of drug-likeness (QED) is 0.558. The molecule has 4 saturated carbocycles. The minimum Gasteiger partial charge on any atom is -0.455 e. The van der Waals surface area contributed by atoms with Gasteiger partial charge in [-0.15, -0.1) is 0 Å². The molecule has 0 heterocycles. The summed E-state index contributed by atoms with van der Waals surface area (Å²) in [6.45, 7) is -0.337. The van der Waals surface area contributed by atoms with Crippen molar-refractivity contribution < 1.29 is 14.3 Å². The number of hydrogen-bond acceptors (Lipinski definition) is 3. The molecular formula is C25H25Cl2NO3. The molecule has 2 unspecified atom stereocenters. The number of hydrogen-bond donors (Lipinski definition) is 1. The average molecular weight is 458 g/mol. The van der Waals surface area contributed by atoms with Crippen molar-refractivity contribution in [3.8, 4) is 0 Å². The lowest BCUT2D eigenvalue weighted by molar-refractivity contribution is -0.175. The molecule has 0 aliphatic heterocycles. The van der Waals surface area contributed by atoms with Crippen molar-refractivity contribution in [3.05, 3.63) is 64.1 Å². The summed E-state index contributed by atoms with van der Waals surface area (Å²) in [6.07, 6.45) is 6.05. The molecule has 4 aliphatic carbocycles. The van der Waals surface area contributed by atoms with E-state index in [2.05, 4.69) is 29.6 Å². The minimum atomic E-state index is -0.484. The summed E-state index contributed by atoms with van der Waals surface area (Å²) in [5.41, 5.74) is 1.25. The smallest absolute Gasteiger partial charge is 0.312 e. The molecule has 0 spiro atoms. The molecule has 4 bridgehead atoms. The van der Waals surface area contributed by atoms with Crippen LogP contribution in [-0.4, -0.2) is 18.5 Å². The molecule has 4 nitrogen and oxygen atoms in total. The number of carbonyl (C=O) groups is 2. The lowest BCUT2D eigenvalue weighted by Gasteiger charge is -2.61. The van der Waals surface area contributed by atoms with E-state index in [1.807, 2.05) is 6.07 Å². The number of para-hydroxylation sites is 1. The van der Waals surface area contributed by atoms with Crippen molar-refractivity contribution in [2.75, 3.05) is 11.9 Å². The third kappa shape index (κ3) is 3.74. The van der Waals surface area contributed by atoms with Crippen LogP contribution in [0.4, 0.5) is 5.69 Å². The van der Waals surface area contributed by atoms with Gasteiger partial charge in [0.25, 0.3) is 5.91 Å². The van der Waals surface area contributed by atoms with Gasteiger partial charge in [0.05, 0.1) is 21.1 Å². The summed E-state index contributed by atoms with van der Waals surface area (Å²) in [5, 5.41) is 3.35. The molecule has 4 fully saturated rings. The van der Waals surface area contributed by atoms with E-state index >= 15 is 0 Å². The van der Waals surface area contributed by atoms with Crippen molar-refractivity contribution >= 4 is 40.8 Å². The molecule has 1 amide bonds. The average Bonchev–Trinajstić information content (AvgIpc) is 2.74. The van der Waals surface area contributed by atoms with Gasteiger partial charge in [-0.3, -0.25) is 9.59 Å². The Bertz CT molecular complexity index is 988. The fourth-order valence-electron chi connectivity index (χ4n) is 6.71. The van der Waals surface area contributed by atoms with E-state index in [4.69, 9.17) is 27.9 Å². The number of amides is 1. The largest absolute Gasteiger partial charge is 0.455 e. The fraction of sp³-hybridized carbons (Fsp3) is 0.440. The Hall–Kier alpha value is -2.04. The van der Waals surface area contributed by atoms with Crippen LogP contribution in [0.5, 0.6) is 0 Å². The molecule has 2 aromatic rings. The highest BCUT2D eigenvalue weighted by atomic mass is 35.5. The second kappa shape index (κ2) is 7.83. The maximum absolute atomic E-state index is 13.3. The number of anilines is 1. The van der Waals surface area contributed by atoms with Crippen LogP contribution in [0.15, 0.2) is 48.5 Å². The Balaban J connectivity index is 1.30. The van der Waals surface area contributed by atoms with E-state index in [1.54, 1.807) is 18.2 Å². The van der Waals surface area contributed by atoms with Gasteiger partial charge in [0.1, 0.15) is 0 Å². The number of benzene rings is 2. The fourth-order valence-corrected chi connectivity index (χ4v) is 7.20. The summed E-state index contributed by atoms with van der Waals surface area (Å²) in [7, 11) is 0. The second-order valence-electron chi connectivity index (χ2n) is 9.61. The monoisotopic (exact) mass is 457 g/mol. The Labute approximate surface area is 192 Å². The Morgan fingerprint density at radius 3 is 2.23 bits per heavy atom. The molecule has 2 aromatic carbocycles. The van der Waals surface area contributed by atoms with Crippen molar-refractivity contribution in [3.63, 3.8) is 0 Å². The van der Waals surface area contributed by atoms with Crippen LogP contribution in [-0.2, 0) is 19.7 Å². The van der Waals surface area contributed by atoms with Gasteiger partial charge in [-0.2, -0.15) is 0 Å². The zero-order valence-corrected chi connectivity index (χ0v) is 18.7. The van der Waals surface area contributed by atoms with E-state index in [9.17, 15) is 9.59 Å². The van der Waals surface area contributed by atoms with Crippen LogP contribution in [0, 0.1) is 17.3 Å². The third-order valence-corrected chi connectivity index (χ3v) is 8.07. The molecule has 6 rings (SSSR count). The molecule has 0 radical (unpaired) electrons. The maximum atomic E-state index is 13.3. The summed E-state index contributed by atoms with van der Waals surface area (Å²) >= 11 is 12.2. The number of ether oxygens (including phenoxy) is 1. The topological polar surface area (TPSA) is 55.4 Å². The van der Waals surface area contributed by atoms with E-state index in [0.717, 1.165) is 32.1 Å². The van der Waals surface area contributed by atoms with Crippen LogP contribution in [0.1, 0.15) is 44.1 Å². The number of halogens is 2. The molecule has 162 valence electrons. The molecule has 31 heavy (non-hydrogen) atoms. The molecule has 4 aliphatic rings. The second-order valence-corrected chi connectivity index (χ2v) is 10.4. The lowest BCUT2D eigenvalue weighted by atomic mass is 9.43. The first-order valence-electron chi connectivity index (χ1n) is 10.9. The van der Waals surface area contributed by atoms with Gasteiger partial charge in [-0.1, -0.05) is 59.6 Å². The number of nitrogens with one attached hydrogen (secondary N) is 1. The Kier molecular flexibility index (Phi) is 5.26. The Morgan fingerprint density at radius 1 is 0.935 bits per heavy atom. The standard InChI is InChI=1S/C25H25Cl2NO3/c26-19-7-4-8-20(27)22(19)28-21(29)14-31-23(30)25-12-16-9-17(13-25)11-24(10-16,15-25)18-5-2-1-3-6-18/h1-8,16-17H,9-15H2,(H,28,29)/t16-,17+,24?,25?. The van der Waals surface area contributed by atoms with Gasteiger partial charge in [0, 0.05) is 0 Å². The van der Waals surface area contributed by atoms with Crippen LogP contribution < -0.4 is 5.32 Å². The van der Waals surface area contributed by atoms with Crippen LogP contribution in [0.25, 0.3) is 0 Å². The highest BCUT2D eigenvalue weighted by molar-refractivity contribution is 6.39. The van der Waals surface area contributed by atoms with Gasteiger partial charge < -0.3 is 10.1 Å². The van der Waals surface area contributed by atoms with Gasteiger partial charge >= 0.3 is 5.97 Å². The first kappa shape index (κ1) is 20.8. The van der Waals surface area contributed by atoms with Crippen molar-refractivity contribution in [2.45, 2.75) is 43.9 Å². The number of carbonyl (C=O) groups excluding carboxylic acids is 2. The van der Waals surface area contributed by atoms with Crippen molar-refractivity contribution in [1.29, 1.82) is 0 Å². The zero-order valence-electron chi connectivity index (χ0n) is 17.2. The van der Waals surface area contributed by atoms with Gasteiger partial charge in [0.2, 0.25) is 0 Å². The predicted octanol–water partition coefficient (Wildman–Crippen LogP) is 6.01. The maximum Gasteiger partial charge on any atom is 0.312 e. The summed E-state index contributed by atoms with van der Waals surface area (Å²) in [4.78, 5) is 25.7. The van der Waals surface area contributed by atoms with Gasteiger partial charge in [0.15, 0.2) is 6.61 Å². The molecular weight excluding hydrogens is 433 g/mol. The molecule has 0 aromatic heterocycles. The van der Waals surface area contributed by atoms with Gasteiger partial charge in [-0.05, 0) is 73.5 Å². The van der Waals surface area contributed by atoms with E-state index in [1.165, 1.54) is 12.0 Å². The third-order valence-electron chi connectivity index (χ3n) is 7.44. The highest BCUT2D eigenvalue weighted by Gasteiger charge is 2.61. The molecule has 0 saturated heterocycles. The highest BCUT2D eigenvalue weighted by Crippen LogP contribution is 2.66. The lowest BCUT2D eigenvalue weighted by Crippen LogP contribution is -2.57. The summed E-state index contributed by atoms with van der Waals surface area (Å²) in [6, 6.07) is 15.6. The first-order valence-corrected chi connectivity index (χ1v) is 11.6. The minimum absolute atomic E-state index is 0.0533. The normalized spacial score (nSPS) is 30.8. The zero-order chi connectivity index (χ0) is 21.6. The molecule has 6 heteroatoms. The van der Waals surface area contributed by atoms with Crippen molar-refractivity contribution in [2.24, 2.45) is 17.3 Å². The Morgan fingerprint density at radius 2 is 1.58 bits per heavy atom. The molecule has 1 N–H and O–H groups in total. The van der Waals surface area contributed by atoms with Crippen LogP contribution in [0.2, 0.25) is 10.0 Å². The van der Waals surface area contributed by atoms with Crippen LogP contribution in [0.3, 0.4) is 0 Å². The predicted molar refractivity (Wildman–Crippen MR) is 121 cm³/mol.